The highest BCUT2D eigenvalue weighted by molar-refractivity contribution is 7.89. The van der Waals surface area contributed by atoms with Gasteiger partial charge >= 0.3 is 10.1 Å². The van der Waals surface area contributed by atoms with Gasteiger partial charge in [-0.15, -0.1) is 10.2 Å². The molecule has 2 fully saturated rings. The molecule has 0 amide bonds. The van der Waals surface area contributed by atoms with Gasteiger partial charge in [-0.1, -0.05) is 0 Å². The van der Waals surface area contributed by atoms with Crippen molar-refractivity contribution in [1.82, 2.24) is 44.1 Å². The maximum atomic E-state index is 13.5. The first-order valence-electron chi connectivity index (χ1n) is 13.3. The number of sulfonamides is 1. The Bertz CT molecular complexity index is 2100. The minimum Gasteiger partial charge on any atom is -0.265 e. The number of hydrogen-bond acceptors (Lipinski definition) is 10. The smallest absolute Gasteiger partial charge is 0.265 e. The van der Waals surface area contributed by atoms with Crippen LogP contribution in [0.15, 0.2) is 65.0 Å². The average Bonchev–Trinajstić information content (AvgIpc) is 3.58. The van der Waals surface area contributed by atoms with E-state index in [9.17, 15) is 21.2 Å². The van der Waals surface area contributed by atoms with Crippen LogP contribution in [0.1, 0.15) is 11.1 Å². The molecule has 17 heteroatoms. The van der Waals surface area contributed by atoms with Crippen molar-refractivity contribution < 1.29 is 25.4 Å². The van der Waals surface area contributed by atoms with Crippen LogP contribution in [-0.4, -0.2) is 80.6 Å². The summed E-state index contributed by atoms with van der Waals surface area (Å²) in [5.41, 5.74) is 2.52. The summed E-state index contributed by atoms with van der Waals surface area (Å²) in [6.07, 6.45) is 4.02. The number of halogens is 1. The zero-order chi connectivity index (χ0) is 30.3. The number of nitrogens with zero attached hydrogens (tertiary/aromatic N) is 9. The molecule has 3 atom stereocenters. The average molecular weight is 628 g/mol. The Morgan fingerprint density at radius 3 is 2.28 bits per heavy atom. The summed E-state index contributed by atoms with van der Waals surface area (Å²) in [4.78, 5) is 2.31. The summed E-state index contributed by atoms with van der Waals surface area (Å²) in [6.45, 7) is 2.03. The third kappa shape index (κ3) is 4.37. The monoisotopic (exact) mass is 627 g/mol. The minimum absolute atomic E-state index is 0.105. The molecular weight excluding hydrogens is 601 g/mol. The van der Waals surface area contributed by atoms with Gasteiger partial charge in [-0.2, -0.15) is 37.6 Å². The lowest BCUT2D eigenvalue weighted by Crippen LogP contribution is -2.36. The van der Waals surface area contributed by atoms with Crippen LogP contribution in [0.4, 0.5) is 4.39 Å². The van der Waals surface area contributed by atoms with Crippen molar-refractivity contribution in [2.24, 2.45) is 25.9 Å². The van der Waals surface area contributed by atoms with Crippen LogP contribution in [0.2, 0.25) is 0 Å². The molecule has 0 spiro atoms. The van der Waals surface area contributed by atoms with Crippen LogP contribution < -0.4 is 0 Å². The summed E-state index contributed by atoms with van der Waals surface area (Å²) in [5.74, 6) is -0.871. The molecule has 0 N–H and O–H groups in total. The van der Waals surface area contributed by atoms with Crippen LogP contribution in [-0.2, 0) is 43.8 Å². The Hall–Kier alpha value is -4.06. The SMILES string of the molecule is Cc1cc2c(cnn2-c2ccc(F)cc2)cc1C12CN(S(=O)(=O)c3cnn(C)n3)CC1C2COS(=O)(=O)c1cnn(C)n1. The molecule has 1 saturated carbocycles. The normalized spacial score (nSPS) is 22.3. The molecule has 5 aromatic rings. The van der Waals surface area contributed by atoms with Crippen molar-refractivity contribution in [1.29, 1.82) is 0 Å². The molecule has 4 heterocycles. The Morgan fingerprint density at radius 2 is 1.63 bits per heavy atom. The van der Waals surface area contributed by atoms with Crippen LogP contribution in [0.25, 0.3) is 16.6 Å². The van der Waals surface area contributed by atoms with Gasteiger partial charge in [0.05, 0.1) is 36.4 Å². The Balaban J connectivity index is 1.26. The molecule has 224 valence electrons. The Kier molecular flexibility index (Phi) is 6.11. The highest BCUT2D eigenvalue weighted by Gasteiger charge is 2.71. The van der Waals surface area contributed by atoms with E-state index in [4.69, 9.17) is 4.18 Å². The van der Waals surface area contributed by atoms with E-state index in [1.54, 1.807) is 23.0 Å². The zero-order valence-corrected chi connectivity index (χ0v) is 24.9. The van der Waals surface area contributed by atoms with Crippen molar-refractivity contribution >= 4 is 31.0 Å². The number of piperidine rings is 1. The molecule has 3 unspecified atom stereocenters. The van der Waals surface area contributed by atoms with Crippen molar-refractivity contribution in [3.8, 4) is 5.69 Å². The van der Waals surface area contributed by atoms with Crippen LogP contribution in [0.3, 0.4) is 0 Å². The number of rotatable bonds is 8. The van der Waals surface area contributed by atoms with Gasteiger partial charge in [0, 0.05) is 38.0 Å². The molecular formula is C26H26FN9O5S2. The quantitative estimate of drug-likeness (QED) is 0.230. The molecule has 3 aromatic heterocycles. The standard InChI is InChI=1S/C26H26FN9O5S2/c1-16-8-23-17(10-30-36(23)19-6-4-18(27)5-7-19)9-20(16)26-15-35(42(37,38)24-11-28-33(2)31-24)13-21(26)22(26)14-41-43(39,40)25-12-29-34(3)32-25/h4-12,21-22H,13-15H2,1-3H3. The maximum absolute atomic E-state index is 13.5. The first kappa shape index (κ1) is 27.8. The van der Waals surface area contributed by atoms with E-state index in [1.165, 1.54) is 41.5 Å². The van der Waals surface area contributed by atoms with Crippen LogP contribution in [0.5, 0.6) is 0 Å². The van der Waals surface area contributed by atoms with Gasteiger partial charge in [0.15, 0.2) is 0 Å². The summed E-state index contributed by atoms with van der Waals surface area (Å²) in [6, 6.07) is 9.93. The van der Waals surface area contributed by atoms with Gasteiger partial charge < -0.3 is 0 Å². The first-order valence-corrected chi connectivity index (χ1v) is 16.1. The predicted molar refractivity (Wildman–Crippen MR) is 148 cm³/mol. The zero-order valence-electron chi connectivity index (χ0n) is 23.2. The van der Waals surface area contributed by atoms with Crippen molar-refractivity contribution in [3.05, 3.63) is 71.9 Å². The predicted octanol–water partition coefficient (Wildman–Crippen LogP) is 1.32. The number of benzene rings is 2. The molecule has 0 radical (unpaired) electrons. The lowest BCUT2D eigenvalue weighted by atomic mass is 9.88. The van der Waals surface area contributed by atoms with Crippen molar-refractivity contribution in [3.63, 3.8) is 0 Å². The fourth-order valence-corrected chi connectivity index (χ4v) is 8.60. The van der Waals surface area contributed by atoms with Gasteiger partial charge in [0.1, 0.15) is 5.82 Å². The molecule has 7 rings (SSSR count). The Labute approximate surface area is 245 Å². The molecule has 1 saturated heterocycles. The highest BCUT2D eigenvalue weighted by Crippen LogP contribution is 2.65. The highest BCUT2D eigenvalue weighted by atomic mass is 32.2. The summed E-state index contributed by atoms with van der Waals surface area (Å²) >= 11 is 0. The minimum atomic E-state index is -4.18. The fraction of sp³-hybridized carbons (Fsp3) is 0.346. The summed E-state index contributed by atoms with van der Waals surface area (Å²) in [7, 11) is -5.09. The van der Waals surface area contributed by atoms with Crippen LogP contribution >= 0.6 is 0 Å². The number of aromatic nitrogens is 8. The maximum Gasteiger partial charge on any atom is 0.318 e. The van der Waals surface area contributed by atoms with E-state index < -0.39 is 25.6 Å². The second-order valence-corrected chi connectivity index (χ2v) is 14.3. The third-order valence-corrected chi connectivity index (χ3v) is 11.3. The molecule has 2 aromatic carbocycles. The first-order chi connectivity index (χ1) is 20.4. The lowest BCUT2D eigenvalue weighted by molar-refractivity contribution is 0.264. The van der Waals surface area contributed by atoms with E-state index in [1.807, 2.05) is 19.1 Å². The van der Waals surface area contributed by atoms with Gasteiger partial charge in [-0.25, -0.2) is 17.5 Å². The van der Waals surface area contributed by atoms with E-state index in [0.717, 1.165) is 33.0 Å². The molecule has 0 bridgehead atoms. The second-order valence-electron chi connectivity index (χ2n) is 10.9. The number of fused-ring (bicyclic) bond motifs is 2. The van der Waals surface area contributed by atoms with E-state index >= 15 is 0 Å². The van der Waals surface area contributed by atoms with Crippen LogP contribution in [0, 0.1) is 24.6 Å². The number of aryl methyl sites for hydroxylation is 3. The van der Waals surface area contributed by atoms with Gasteiger partial charge in [0.2, 0.25) is 10.1 Å². The van der Waals surface area contributed by atoms with Gasteiger partial charge in [-0.05, 0) is 66.3 Å². The van der Waals surface area contributed by atoms with E-state index in [-0.39, 0.29) is 47.4 Å². The Morgan fingerprint density at radius 1 is 0.953 bits per heavy atom. The molecule has 1 aliphatic carbocycles. The fourth-order valence-electron chi connectivity index (χ4n) is 6.35. The summed E-state index contributed by atoms with van der Waals surface area (Å²) in [5, 5.41) is 20.4. The lowest BCUT2D eigenvalue weighted by Gasteiger charge is -2.24. The van der Waals surface area contributed by atoms with E-state index in [0.29, 0.717) is 5.69 Å². The third-order valence-electron chi connectivity index (χ3n) is 8.45. The summed E-state index contributed by atoms with van der Waals surface area (Å²) < 4.78 is 74.8. The molecule has 43 heavy (non-hydrogen) atoms. The van der Waals surface area contributed by atoms with E-state index in [2.05, 4.69) is 25.5 Å². The van der Waals surface area contributed by atoms with Gasteiger partial charge in [-0.3, -0.25) is 4.18 Å². The molecule has 14 nitrogen and oxygen atoms in total. The van der Waals surface area contributed by atoms with Gasteiger partial charge in [0.25, 0.3) is 10.0 Å². The van der Waals surface area contributed by atoms with Crippen molar-refractivity contribution in [2.45, 2.75) is 22.4 Å². The largest absolute Gasteiger partial charge is 0.318 e. The van der Waals surface area contributed by atoms with Crippen molar-refractivity contribution in [2.75, 3.05) is 19.7 Å². The molecule has 1 aliphatic heterocycles. The topological polar surface area (TPSA) is 160 Å². The molecule has 2 aliphatic rings. The second kappa shape index (κ2) is 9.47. The number of hydrogen-bond donors (Lipinski definition) is 0.